The Kier molecular flexibility index (Phi) is 7.01. The fourth-order valence-electron chi connectivity index (χ4n) is 4.10. The van der Waals surface area contributed by atoms with E-state index >= 15 is 0 Å². The topological polar surface area (TPSA) is 47.4 Å². The number of rotatable bonds is 3. The standard InChI is InChI=1S/C25H23ClF5N3O2/c1-25(2,3)36-24(35)33-10-8-15-17(9-11-33)32-34(23(15)13-4-6-14(26)7-5-13)12-16-18(27)20(29)22(31)21(30)19(16)28/h4-7H,8-12H2,1-3H3. The van der Waals surface area contributed by atoms with Gasteiger partial charge in [-0.3, -0.25) is 4.68 Å². The van der Waals surface area contributed by atoms with Crippen molar-refractivity contribution < 1.29 is 31.5 Å². The average molecular weight is 528 g/mol. The van der Waals surface area contributed by atoms with Gasteiger partial charge in [0.05, 0.1) is 23.5 Å². The molecule has 2 aromatic carbocycles. The summed E-state index contributed by atoms with van der Waals surface area (Å²) in [5.74, 6) is -10.1. The van der Waals surface area contributed by atoms with Gasteiger partial charge in [-0.1, -0.05) is 23.7 Å². The number of hydrogen-bond acceptors (Lipinski definition) is 3. The number of aromatic nitrogens is 2. The molecule has 11 heteroatoms. The third kappa shape index (κ3) is 5.04. The third-order valence-electron chi connectivity index (χ3n) is 5.76. The molecule has 0 unspecified atom stereocenters. The molecule has 4 rings (SSSR count). The normalized spacial score (nSPS) is 14.0. The van der Waals surface area contributed by atoms with Crippen molar-refractivity contribution in [1.29, 1.82) is 0 Å². The molecular formula is C25H23ClF5N3O2. The molecule has 0 aliphatic carbocycles. The van der Waals surface area contributed by atoms with Crippen molar-refractivity contribution in [2.45, 2.75) is 45.8 Å². The summed E-state index contributed by atoms with van der Waals surface area (Å²) in [4.78, 5) is 14.1. The van der Waals surface area contributed by atoms with Crippen molar-refractivity contribution >= 4 is 17.7 Å². The minimum absolute atomic E-state index is 0.279. The minimum atomic E-state index is -2.22. The van der Waals surface area contributed by atoms with Gasteiger partial charge < -0.3 is 9.64 Å². The lowest BCUT2D eigenvalue weighted by atomic mass is 10.0. The van der Waals surface area contributed by atoms with Crippen LogP contribution in [0.15, 0.2) is 24.3 Å². The molecule has 0 radical (unpaired) electrons. The van der Waals surface area contributed by atoms with E-state index in [1.807, 2.05) is 0 Å². The maximum Gasteiger partial charge on any atom is 0.410 e. The molecule has 1 aliphatic heterocycles. The Labute approximate surface area is 209 Å². The van der Waals surface area contributed by atoms with E-state index in [9.17, 15) is 26.7 Å². The zero-order chi connectivity index (χ0) is 26.4. The summed E-state index contributed by atoms with van der Waals surface area (Å²) in [5, 5.41) is 4.92. The summed E-state index contributed by atoms with van der Waals surface area (Å²) in [6.45, 7) is 5.17. The van der Waals surface area contributed by atoms with E-state index in [0.29, 0.717) is 40.4 Å². The fraction of sp³-hybridized carbons (Fsp3) is 0.360. The summed E-state index contributed by atoms with van der Waals surface area (Å²) in [6.07, 6.45) is 0.165. The van der Waals surface area contributed by atoms with Gasteiger partial charge in [0.2, 0.25) is 5.82 Å². The van der Waals surface area contributed by atoms with Crippen LogP contribution in [-0.2, 0) is 24.1 Å². The van der Waals surface area contributed by atoms with Crippen LogP contribution < -0.4 is 0 Å². The van der Waals surface area contributed by atoms with Crippen molar-refractivity contribution in [2.24, 2.45) is 0 Å². The first-order valence-corrected chi connectivity index (χ1v) is 11.6. The first-order chi connectivity index (χ1) is 16.9. The molecule has 2 heterocycles. The monoisotopic (exact) mass is 527 g/mol. The summed E-state index contributed by atoms with van der Waals surface area (Å²) in [5.41, 5.74) is 0.617. The smallest absolute Gasteiger partial charge is 0.410 e. The van der Waals surface area contributed by atoms with Crippen LogP contribution in [0.5, 0.6) is 0 Å². The molecule has 0 spiro atoms. The van der Waals surface area contributed by atoms with Crippen molar-refractivity contribution in [3.8, 4) is 11.3 Å². The molecule has 3 aromatic rings. The molecule has 1 amide bonds. The Morgan fingerprint density at radius 3 is 2.08 bits per heavy atom. The Balaban J connectivity index is 1.76. The van der Waals surface area contributed by atoms with Crippen LogP contribution in [0.2, 0.25) is 5.02 Å². The highest BCUT2D eigenvalue weighted by Crippen LogP contribution is 2.32. The van der Waals surface area contributed by atoms with Gasteiger partial charge in [0.25, 0.3) is 0 Å². The van der Waals surface area contributed by atoms with Crippen LogP contribution in [0.3, 0.4) is 0 Å². The molecule has 1 aromatic heterocycles. The van der Waals surface area contributed by atoms with E-state index in [0.717, 1.165) is 0 Å². The highest BCUT2D eigenvalue weighted by molar-refractivity contribution is 6.30. The molecule has 0 atom stereocenters. The second-order valence-electron chi connectivity index (χ2n) is 9.45. The van der Waals surface area contributed by atoms with Gasteiger partial charge in [0.1, 0.15) is 5.60 Å². The number of carbonyl (C=O) groups is 1. The van der Waals surface area contributed by atoms with Crippen molar-refractivity contribution in [3.63, 3.8) is 0 Å². The van der Waals surface area contributed by atoms with Crippen LogP contribution in [0.4, 0.5) is 26.7 Å². The molecule has 0 saturated heterocycles. The maximum atomic E-state index is 14.5. The van der Waals surface area contributed by atoms with Gasteiger partial charge >= 0.3 is 6.09 Å². The van der Waals surface area contributed by atoms with Gasteiger partial charge in [0.15, 0.2) is 23.3 Å². The maximum absolute atomic E-state index is 14.5. The third-order valence-corrected chi connectivity index (χ3v) is 6.01. The van der Waals surface area contributed by atoms with Crippen molar-refractivity contribution in [2.75, 3.05) is 13.1 Å². The minimum Gasteiger partial charge on any atom is -0.444 e. The summed E-state index contributed by atoms with van der Waals surface area (Å²) >= 11 is 6.01. The van der Waals surface area contributed by atoms with Crippen molar-refractivity contribution in [3.05, 3.63) is 75.2 Å². The Bertz CT molecular complexity index is 1290. The Morgan fingerprint density at radius 2 is 1.50 bits per heavy atom. The van der Waals surface area contributed by atoms with Crippen LogP contribution in [0, 0.1) is 29.1 Å². The van der Waals surface area contributed by atoms with E-state index in [4.69, 9.17) is 16.3 Å². The van der Waals surface area contributed by atoms with E-state index < -0.39 is 52.9 Å². The van der Waals surface area contributed by atoms with E-state index in [1.165, 1.54) is 4.68 Å². The highest BCUT2D eigenvalue weighted by Gasteiger charge is 2.30. The molecule has 36 heavy (non-hydrogen) atoms. The average Bonchev–Trinajstić information content (AvgIpc) is 3.01. The molecular weight excluding hydrogens is 505 g/mol. The van der Waals surface area contributed by atoms with Gasteiger partial charge in [-0.2, -0.15) is 5.10 Å². The SMILES string of the molecule is CC(C)(C)OC(=O)N1CCc2nn(Cc3c(F)c(F)c(F)c(F)c3F)c(-c3ccc(Cl)cc3)c2CC1. The predicted molar refractivity (Wildman–Crippen MR) is 123 cm³/mol. The molecule has 0 saturated carbocycles. The lowest BCUT2D eigenvalue weighted by molar-refractivity contribution is 0.0258. The molecule has 0 fully saturated rings. The predicted octanol–water partition coefficient (Wildman–Crippen LogP) is 6.28. The summed E-state index contributed by atoms with van der Waals surface area (Å²) in [6, 6.07) is 6.57. The number of halogens is 6. The largest absolute Gasteiger partial charge is 0.444 e. The lowest BCUT2D eigenvalue weighted by Gasteiger charge is -2.26. The van der Waals surface area contributed by atoms with Crippen LogP contribution in [0.25, 0.3) is 11.3 Å². The molecule has 0 bridgehead atoms. The quantitative estimate of drug-likeness (QED) is 0.229. The van der Waals surface area contributed by atoms with Gasteiger partial charge in [-0.15, -0.1) is 0 Å². The highest BCUT2D eigenvalue weighted by atomic mass is 35.5. The Morgan fingerprint density at radius 1 is 0.944 bits per heavy atom. The first-order valence-electron chi connectivity index (χ1n) is 11.2. The van der Waals surface area contributed by atoms with Crippen LogP contribution in [0.1, 0.15) is 37.6 Å². The van der Waals surface area contributed by atoms with Gasteiger partial charge in [-0.05, 0) is 39.3 Å². The number of hydrogen-bond donors (Lipinski definition) is 0. The van der Waals surface area contributed by atoms with Crippen molar-refractivity contribution in [1.82, 2.24) is 14.7 Å². The number of carbonyl (C=O) groups excluding carboxylic acids is 1. The fourth-order valence-corrected chi connectivity index (χ4v) is 4.23. The second-order valence-corrected chi connectivity index (χ2v) is 9.89. The first kappa shape index (κ1) is 25.9. The van der Waals surface area contributed by atoms with Gasteiger partial charge in [-0.25, -0.2) is 26.7 Å². The molecule has 1 aliphatic rings. The zero-order valence-electron chi connectivity index (χ0n) is 19.8. The number of fused-ring (bicyclic) bond motifs is 1. The Hall–Kier alpha value is -3.14. The number of ether oxygens (including phenoxy) is 1. The number of nitrogens with zero attached hydrogens (tertiary/aromatic N) is 3. The van der Waals surface area contributed by atoms with E-state index in [2.05, 4.69) is 5.10 Å². The summed E-state index contributed by atoms with van der Waals surface area (Å²) in [7, 11) is 0. The second kappa shape index (κ2) is 9.72. The molecule has 5 nitrogen and oxygen atoms in total. The molecule has 0 N–H and O–H groups in total. The lowest BCUT2D eigenvalue weighted by Crippen LogP contribution is -2.38. The van der Waals surface area contributed by atoms with E-state index in [-0.39, 0.29) is 13.1 Å². The van der Waals surface area contributed by atoms with Gasteiger partial charge in [0, 0.05) is 35.7 Å². The number of amides is 1. The van der Waals surface area contributed by atoms with Crippen LogP contribution >= 0.6 is 11.6 Å². The molecule has 192 valence electrons. The zero-order valence-corrected chi connectivity index (χ0v) is 20.5. The summed E-state index contributed by atoms with van der Waals surface area (Å²) < 4.78 is 76.8. The van der Waals surface area contributed by atoms with E-state index in [1.54, 1.807) is 49.9 Å². The van der Waals surface area contributed by atoms with Crippen LogP contribution in [-0.4, -0.2) is 39.5 Å². The number of benzene rings is 2.